The first-order valence-electron chi connectivity index (χ1n) is 6.33. The SMILES string of the molecule is CCOc1ccc(C(=O)N[C@H](C(=O)NO)[C@@H](C)N)c(F)c1. The van der Waals surface area contributed by atoms with Gasteiger partial charge in [-0.2, -0.15) is 0 Å². The Bertz CT molecular complexity index is 522. The van der Waals surface area contributed by atoms with Crippen LogP contribution < -0.4 is 21.3 Å². The molecule has 0 aliphatic heterocycles. The Labute approximate surface area is 121 Å². The van der Waals surface area contributed by atoms with Crippen molar-refractivity contribution < 1.29 is 23.9 Å². The van der Waals surface area contributed by atoms with Crippen molar-refractivity contribution in [1.82, 2.24) is 10.8 Å². The Hall–Kier alpha value is -2.19. The van der Waals surface area contributed by atoms with E-state index in [0.717, 1.165) is 6.07 Å². The van der Waals surface area contributed by atoms with Gasteiger partial charge in [-0.25, -0.2) is 9.87 Å². The number of hydroxylamine groups is 1. The van der Waals surface area contributed by atoms with Gasteiger partial charge in [0.25, 0.3) is 11.8 Å². The quantitative estimate of drug-likeness (QED) is 0.442. The molecule has 21 heavy (non-hydrogen) atoms. The Morgan fingerprint density at radius 1 is 1.48 bits per heavy atom. The highest BCUT2D eigenvalue weighted by Gasteiger charge is 2.25. The Balaban J connectivity index is 2.90. The average Bonchev–Trinajstić information content (AvgIpc) is 2.43. The van der Waals surface area contributed by atoms with Crippen LogP contribution in [0.3, 0.4) is 0 Å². The van der Waals surface area contributed by atoms with Crippen LogP contribution in [0.1, 0.15) is 24.2 Å². The summed E-state index contributed by atoms with van der Waals surface area (Å²) in [5.74, 6) is -2.19. The maximum absolute atomic E-state index is 13.8. The molecule has 0 aliphatic carbocycles. The van der Waals surface area contributed by atoms with E-state index in [-0.39, 0.29) is 5.56 Å². The highest BCUT2D eigenvalue weighted by Crippen LogP contribution is 2.16. The zero-order valence-corrected chi connectivity index (χ0v) is 11.7. The van der Waals surface area contributed by atoms with Crippen LogP contribution >= 0.6 is 0 Å². The van der Waals surface area contributed by atoms with Crippen molar-refractivity contribution in [2.24, 2.45) is 5.73 Å². The number of rotatable bonds is 6. The molecule has 8 heteroatoms. The van der Waals surface area contributed by atoms with E-state index in [2.05, 4.69) is 5.32 Å². The summed E-state index contributed by atoms with van der Waals surface area (Å²) in [4.78, 5) is 23.3. The van der Waals surface area contributed by atoms with Crippen molar-refractivity contribution in [3.05, 3.63) is 29.6 Å². The van der Waals surface area contributed by atoms with Gasteiger partial charge in [0.05, 0.1) is 12.2 Å². The van der Waals surface area contributed by atoms with Gasteiger partial charge in [0.1, 0.15) is 17.6 Å². The molecule has 5 N–H and O–H groups in total. The minimum absolute atomic E-state index is 0.255. The molecule has 7 nitrogen and oxygen atoms in total. The van der Waals surface area contributed by atoms with E-state index in [0.29, 0.717) is 12.4 Å². The Morgan fingerprint density at radius 3 is 2.62 bits per heavy atom. The standard InChI is InChI=1S/C13H18FN3O4/c1-3-21-8-4-5-9(10(14)6-8)12(18)16-11(7(2)15)13(19)17-20/h4-7,11,20H,3,15H2,1-2H3,(H,16,18)(H,17,19)/t7-,11+/m1/s1. The summed E-state index contributed by atoms with van der Waals surface area (Å²) >= 11 is 0. The lowest BCUT2D eigenvalue weighted by molar-refractivity contribution is -0.131. The topological polar surface area (TPSA) is 114 Å². The molecule has 1 rings (SSSR count). The highest BCUT2D eigenvalue weighted by atomic mass is 19.1. The molecule has 0 unspecified atom stereocenters. The molecule has 0 heterocycles. The van der Waals surface area contributed by atoms with Crippen LogP contribution in [-0.4, -0.2) is 35.7 Å². The molecule has 0 fully saturated rings. The van der Waals surface area contributed by atoms with Gasteiger partial charge in [-0.3, -0.25) is 14.8 Å². The van der Waals surface area contributed by atoms with Gasteiger partial charge < -0.3 is 15.8 Å². The second-order valence-corrected chi connectivity index (χ2v) is 4.36. The van der Waals surface area contributed by atoms with Crippen LogP contribution in [0.5, 0.6) is 5.75 Å². The fourth-order valence-electron chi connectivity index (χ4n) is 1.66. The van der Waals surface area contributed by atoms with E-state index >= 15 is 0 Å². The van der Waals surface area contributed by atoms with Gasteiger partial charge >= 0.3 is 0 Å². The number of benzene rings is 1. The molecule has 2 atom stereocenters. The van der Waals surface area contributed by atoms with E-state index in [1.807, 2.05) is 0 Å². The number of amides is 2. The van der Waals surface area contributed by atoms with Crippen molar-refractivity contribution >= 4 is 11.8 Å². The second kappa shape index (κ2) is 7.55. The molecule has 0 bridgehead atoms. The minimum Gasteiger partial charge on any atom is -0.494 e. The molecule has 0 aliphatic rings. The normalized spacial score (nSPS) is 13.2. The number of carbonyl (C=O) groups excluding carboxylic acids is 2. The number of carbonyl (C=O) groups is 2. The lowest BCUT2D eigenvalue weighted by atomic mass is 10.1. The molecule has 116 valence electrons. The molecule has 0 aromatic heterocycles. The monoisotopic (exact) mass is 299 g/mol. The van der Waals surface area contributed by atoms with Gasteiger partial charge in [-0.05, 0) is 26.0 Å². The van der Waals surface area contributed by atoms with Gasteiger partial charge in [0, 0.05) is 12.1 Å². The summed E-state index contributed by atoms with van der Waals surface area (Å²) in [5, 5.41) is 10.8. The zero-order valence-electron chi connectivity index (χ0n) is 11.7. The Kier molecular flexibility index (Phi) is 6.07. The maximum Gasteiger partial charge on any atom is 0.267 e. The molecule has 0 saturated heterocycles. The van der Waals surface area contributed by atoms with Crippen LogP contribution in [0, 0.1) is 5.82 Å². The van der Waals surface area contributed by atoms with Gasteiger partial charge in [-0.1, -0.05) is 0 Å². The lowest BCUT2D eigenvalue weighted by Crippen LogP contribution is -2.54. The minimum atomic E-state index is -1.19. The molecule has 1 aromatic rings. The van der Waals surface area contributed by atoms with E-state index in [1.54, 1.807) is 6.92 Å². The van der Waals surface area contributed by atoms with E-state index in [1.165, 1.54) is 24.5 Å². The van der Waals surface area contributed by atoms with Crippen molar-refractivity contribution in [2.75, 3.05) is 6.61 Å². The first kappa shape index (κ1) is 16.9. The van der Waals surface area contributed by atoms with E-state index in [4.69, 9.17) is 15.7 Å². The number of nitrogens with two attached hydrogens (primary N) is 1. The molecular formula is C13H18FN3O4. The summed E-state index contributed by atoms with van der Waals surface area (Å²) in [7, 11) is 0. The highest BCUT2D eigenvalue weighted by molar-refractivity contribution is 5.97. The van der Waals surface area contributed by atoms with Gasteiger partial charge in [0.15, 0.2) is 0 Å². The second-order valence-electron chi connectivity index (χ2n) is 4.36. The molecule has 0 radical (unpaired) electrons. The Morgan fingerprint density at radius 2 is 2.14 bits per heavy atom. The summed E-state index contributed by atoms with van der Waals surface area (Å²) in [6, 6.07) is 1.80. The number of halogens is 1. The van der Waals surface area contributed by atoms with Gasteiger partial charge in [0.2, 0.25) is 0 Å². The zero-order chi connectivity index (χ0) is 16.0. The average molecular weight is 299 g/mol. The van der Waals surface area contributed by atoms with Gasteiger partial charge in [-0.15, -0.1) is 0 Å². The summed E-state index contributed by atoms with van der Waals surface area (Å²) < 4.78 is 18.9. The molecule has 1 aromatic carbocycles. The number of hydrogen-bond donors (Lipinski definition) is 4. The lowest BCUT2D eigenvalue weighted by Gasteiger charge is -2.20. The largest absolute Gasteiger partial charge is 0.494 e. The number of hydrogen-bond acceptors (Lipinski definition) is 5. The van der Waals surface area contributed by atoms with Crippen LogP contribution in [0.4, 0.5) is 4.39 Å². The smallest absolute Gasteiger partial charge is 0.267 e. The van der Waals surface area contributed by atoms with Crippen LogP contribution in [0.25, 0.3) is 0 Å². The first-order valence-corrected chi connectivity index (χ1v) is 6.33. The van der Waals surface area contributed by atoms with E-state index in [9.17, 15) is 14.0 Å². The third-order valence-corrected chi connectivity index (χ3v) is 2.70. The van der Waals surface area contributed by atoms with E-state index < -0.39 is 29.7 Å². The number of nitrogens with one attached hydrogen (secondary N) is 2. The van der Waals surface area contributed by atoms with Crippen molar-refractivity contribution in [3.8, 4) is 5.75 Å². The first-order chi connectivity index (χ1) is 9.90. The molecule has 2 amide bonds. The molecule has 0 saturated carbocycles. The van der Waals surface area contributed by atoms with Crippen LogP contribution in [-0.2, 0) is 4.79 Å². The maximum atomic E-state index is 13.8. The summed E-state index contributed by atoms with van der Waals surface area (Å²) in [6.07, 6.45) is 0. The van der Waals surface area contributed by atoms with Crippen LogP contribution in [0.2, 0.25) is 0 Å². The predicted molar refractivity (Wildman–Crippen MR) is 72.4 cm³/mol. The van der Waals surface area contributed by atoms with Crippen molar-refractivity contribution in [3.63, 3.8) is 0 Å². The van der Waals surface area contributed by atoms with Crippen LogP contribution in [0.15, 0.2) is 18.2 Å². The molecular weight excluding hydrogens is 281 g/mol. The van der Waals surface area contributed by atoms with Crippen molar-refractivity contribution in [2.45, 2.75) is 25.9 Å². The molecule has 0 spiro atoms. The number of ether oxygens (including phenoxy) is 1. The summed E-state index contributed by atoms with van der Waals surface area (Å²) in [5.41, 5.74) is 6.68. The van der Waals surface area contributed by atoms with Crippen molar-refractivity contribution in [1.29, 1.82) is 0 Å². The fraction of sp³-hybridized carbons (Fsp3) is 0.385. The summed E-state index contributed by atoms with van der Waals surface area (Å²) in [6.45, 7) is 3.59. The third-order valence-electron chi connectivity index (χ3n) is 2.70. The third kappa shape index (κ3) is 4.40. The fourth-order valence-corrected chi connectivity index (χ4v) is 1.66. The predicted octanol–water partition coefficient (Wildman–Crippen LogP) is 0.175.